The summed E-state index contributed by atoms with van der Waals surface area (Å²) in [5.74, 6) is 0. The standard InChI is InChI=1S/C32H29N5O/c1-36(2)28-15-12-25(13-16-28)31-18-26(30-17-14-24-10-6-7-11-29(24)32(30)33-31)21-38-22-27-20-37(35-34-27)19-23-8-4-3-5-9-23/h3-18,20H,19,21-22H2,1-2H3. The van der Waals surface area contributed by atoms with Crippen molar-refractivity contribution in [2.45, 2.75) is 19.8 Å². The lowest BCUT2D eigenvalue weighted by Crippen LogP contribution is -2.08. The molecule has 0 saturated heterocycles. The van der Waals surface area contributed by atoms with Crippen molar-refractivity contribution in [3.8, 4) is 11.3 Å². The quantitative estimate of drug-likeness (QED) is 0.224. The second kappa shape index (κ2) is 10.4. The first-order valence-corrected chi connectivity index (χ1v) is 12.7. The van der Waals surface area contributed by atoms with Crippen molar-refractivity contribution in [3.05, 3.63) is 120 Å². The molecule has 6 nitrogen and oxygen atoms in total. The topological polar surface area (TPSA) is 56.1 Å². The molecule has 0 aliphatic rings. The molecule has 0 N–H and O–H groups in total. The number of ether oxygens (including phenoxy) is 1. The van der Waals surface area contributed by atoms with Gasteiger partial charge in [-0.1, -0.05) is 84.1 Å². The second-order valence-corrected chi connectivity index (χ2v) is 9.68. The molecule has 188 valence electrons. The fourth-order valence-electron chi connectivity index (χ4n) is 4.75. The fraction of sp³-hybridized carbons (Fsp3) is 0.156. The van der Waals surface area contributed by atoms with E-state index < -0.39 is 0 Å². The van der Waals surface area contributed by atoms with E-state index in [-0.39, 0.29) is 0 Å². The largest absolute Gasteiger partial charge is 0.378 e. The van der Waals surface area contributed by atoms with Gasteiger partial charge in [-0.2, -0.15) is 0 Å². The highest BCUT2D eigenvalue weighted by Crippen LogP contribution is 2.31. The van der Waals surface area contributed by atoms with Crippen molar-refractivity contribution in [1.82, 2.24) is 20.0 Å². The Balaban J connectivity index is 1.28. The molecule has 0 spiro atoms. The smallest absolute Gasteiger partial charge is 0.108 e. The predicted octanol–water partition coefficient (Wildman–Crippen LogP) is 6.48. The van der Waals surface area contributed by atoms with Crippen molar-refractivity contribution in [2.75, 3.05) is 19.0 Å². The highest BCUT2D eigenvalue weighted by molar-refractivity contribution is 6.06. The van der Waals surface area contributed by atoms with E-state index in [9.17, 15) is 0 Å². The Morgan fingerprint density at radius 1 is 0.789 bits per heavy atom. The first-order valence-electron chi connectivity index (χ1n) is 12.7. The van der Waals surface area contributed by atoms with Gasteiger partial charge >= 0.3 is 0 Å². The number of aromatic nitrogens is 4. The van der Waals surface area contributed by atoms with E-state index in [1.165, 1.54) is 10.9 Å². The maximum atomic E-state index is 6.18. The summed E-state index contributed by atoms with van der Waals surface area (Å²) in [5.41, 5.74) is 7.26. The van der Waals surface area contributed by atoms with E-state index in [1.54, 1.807) is 0 Å². The molecule has 6 aromatic rings. The third-order valence-electron chi connectivity index (χ3n) is 6.75. The van der Waals surface area contributed by atoms with Crippen molar-refractivity contribution < 1.29 is 4.74 Å². The highest BCUT2D eigenvalue weighted by atomic mass is 16.5. The fourth-order valence-corrected chi connectivity index (χ4v) is 4.75. The number of fused-ring (bicyclic) bond motifs is 3. The molecule has 0 unspecified atom stereocenters. The number of rotatable bonds is 8. The number of nitrogens with zero attached hydrogens (tertiary/aromatic N) is 5. The molecule has 0 saturated carbocycles. The molecule has 0 amide bonds. The van der Waals surface area contributed by atoms with Gasteiger partial charge in [0.1, 0.15) is 5.69 Å². The van der Waals surface area contributed by atoms with Crippen molar-refractivity contribution in [2.24, 2.45) is 0 Å². The number of benzene rings is 4. The summed E-state index contributed by atoms with van der Waals surface area (Å²) in [6.45, 7) is 1.52. The maximum absolute atomic E-state index is 6.18. The normalized spacial score (nSPS) is 11.3. The van der Waals surface area contributed by atoms with Crippen LogP contribution < -0.4 is 4.90 Å². The number of hydrogen-bond acceptors (Lipinski definition) is 5. The molecular weight excluding hydrogens is 470 g/mol. The number of hydrogen-bond donors (Lipinski definition) is 0. The van der Waals surface area contributed by atoms with Crippen molar-refractivity contribution in [3.63, 3.8) is 0 Å². The molecule has 0 fully saturated rings. The molecule has 6 heteroatoms. The minimum atomic E-state index is 0.388. The van der Waals surface area contributed by atoms with Crippen LogP contribution in [0.2, 0.25) is 0 Å². The minimum Gasteiger partial charge on any atom is -0.378 e. The van der Waals surface area contributed by atoms with E-state index in [2.05, 4.69) is 94.1 Å². The molecule has 6 rings (SSSR count). The van der Waals surface area contributed by atoms with Gasteiger partial charge in [0.2, 0.25) is 0 Å². The lowest BCUT2D eigenvalue weighted by atomic mass is 10.00. The zero-order chi connectivity index (χ0) is 25.9. The average molecular weight is 500 g/mol. The molecule has 4 aromatic carbocycles. The first kappa shape index (κ1) is 23.8. The molecule has 2 heterocycles. The molecule has 0 aliphatic heterocycles. The van der Waals surface area contributed by atoms with Gasteiger partial charge in [0, 0.05) is 36.1 Å². The third kappa shape index (κ3) is 4.99. The summed E-state index contributed by atoms with van der Waals surface area (Å²) in [6, 6.07) is 33.6. The predicted molar refractivity (Wildman–Crippen MR) is 153 cm³/mol. The lowest BCUT2D eigenvalue weighted by molar-refractivity contribution is 0.105. The van der Waals surface area contributed by atoms with Gasteiger partial charge in [-0.3, -0.25) is 0 Å². The molecule has 0 bridgehead atoms. The Bertz CT molecular complexity index is 1690. The SMILES string of the molecule is CN(C)c1ccc(-c2cc(COCc3cn(Cc4ccccc4)nn3)c3ccc4ccccc4c3n2)cc1. The van der Waals surface area contributed by atoms with Crippen LogP contribution in [0.3, 0.4) is 0 Å². The molecule has 38 heavy (non-hydrogen) atoms. The Labute approximate surface area is 222 Å². The Morgan fingerprint density at radius 2 is 1.58 bits per heavy atom. The highest BCUT2D eigenvalue weighted by Gasteiger charge is 2.12. The molecule has 2 aromatic heterocycles. The Kier molecular flexibility index (Phi) is 6.54. The summed E-state index contributed by atoms with van der Waals surface area (Å²) in [4.78, 5) is 7.22. The summed E-state index contributed by atoms with van der Waals surface area (Å²) in [6.07, 6.45) is 1.95. The second-order valence-electron chi connectivity index (χ2n) is 9.68. The first-order chi connectivity index (χ1) is 18.6. The van der Waals surface area contributed by atoms with E-state index in [0.717, 1.165) is 44.5 Å². The van der Waals surface area contributed by atoms with Crippen LogP contribution in [0, 0.1) is 0 Å². The van der Waals surface area contributed by atoms with Gasteiger partial charge in [-0.15, -0.1) is 5.10 Å². The van der Waals surface area contributed by atoms with E-state index in [0.29, 0.717) is 19.8 Å². The molecule has 0 radical (unpaired) electrons. The van der Waals surface area contributed by atoms with Gasteiger partial charge < -0.3 is 9.64 Å². The van der Waals surface area contributed by atoms with Gasteiger partial charge in [-0.05, 0) is 34.7 Å². The average Bonchev–Trinajstić information content (AvgIpc) is 3.40. The van der Waals surface area contributed by atoms with E-state index >= 15 is 0 Å². The van der Waals surface area contributed by atoms with Gasteiger partial charge in [-0.25, -0.2) is 9.67 Å². The maximum Gasteiger partial charge on any atom is 0.108 e. The van der Waals surface area contributed by atoms with Crippen LogP contribution in [0.4, 0.5) is 5.69 Å². The summed E-state index contributed by atoms with van der Waals surface area (Å²) in [5, 5.41) is 12.0. The number of pyridine rings is 1. The van der Waals surface area contributed by atoms with Crippen LogP contribution in [-0.2, 0) is 24.5 Å². The molecular formula is C32H29N5O. The van der Waals surface area contributed by atoms with Crippen LogP contribution in [0.5, 0.6) is 0 Å². The molecule has 0 atom stereocenters. The van der Waals surface area contributed by atoms with E-state index in [4.69, 9.17) is 9.72 Å². The summed E-state index contributed by atoms with van der Waals surface area (Å²) < 4.78 is 8.03. The Morgan fingerprint density at radius 3 is 2.39 bits per heavy atom. The van der Waals surface area contributed by atoms with Crippen LogP contribution in [0.15, 0.2) is 103 Å². The van der Waals surface area contributed by atoms with Crippen LogP contribution in [0.1, 0.15) is 16.8 Å². The van der Waals surface area contributed by atoms with E-state index in [1.807, 2.05) is 43.2 Å². The minimum absolute atomic E-state index is 0.388. The zero-order valence-electron chi connectivity index (χ0n) is 21.6. The lowest BCUT2D eigenvalue weighted by Gasteiger charge is -2.14. The van der Waals surface area contributed by atoms with Gasteiger partial charge in [0.15, 0.2) is 0 Å². The monoisotopic (exact) mass is 499 g/mol. The van der Waals surface area contributed by atoms with Crippen LogP contribution in [-0.4, -0.2) is 34.1 Å². The summed E-state index contributed by atoms with van der Waals surface area (Å²) >= 11 is 0. The third-order valence-corrected chi connectivity index (χ3v) is 6.75. The van der Waals surface area contributed by atoms with Gasteiger partial charge in [0.25, 0.3) is 0 Å². The summed E-state index contributed by atoms with van der Waals surface area (Å²) in [7, 11) is 4.09. The zero-order valence-corrected chi connectivity index (χ0v) is 21.6. The Hall–Kier alpha value is -4.55. The van der Waals surface area contributed by atoms with Crippen LogP contribution in [0.25, 0.3) is 32.9 Å². The van der Waals surface area contributed by atoms with Crippen molar-refractivity contribution in [1.29, 1.82) is 0 Å². The van der Waals surface area contributed by atoms with Crippen LogP contribution >= 0.6 is 0 Å². The number of anilines is 1. The van der Waals surface area contributed by atoms with Gasteiger partial charge in [0.05, 0.1) is 37.2 Å². The molecule has 0 aliphatic carbocycles. The van der Waals surface area contributed by atoms with Crippen molar-refractivity contribution >= 4 is 27.4 Å².